The van der Waals surface area contributed by atoms with E-state index >= 15 is 0 Å². The van der Waals surface area contributed by atoms with E-state index in [0.717, 1.165) is 21.8 Å². The van der Waals surface area contributed by atoms with Crippen molar-refractivity contribution < 1.29 is 18.6 Å². The highest BCUT2D eigenvalue weighted by Gasteiger charge is 2.13. The molecule has 0 aliphatic carbocycles. The summed E-state index contributed by atoms with van der Waals surface area (Å²) in [5, 5.41) is 2.78. The Kier molecular flexibility index (Phi) is 6.13. The number of aromatic amines is 1. The van der Waals surface area contributed by atoms with Crippen LogP contribution in [0.4, 0.5) is 0 Å². The molecule has 0 saturated carbocycles. The van der Waals surface area contributed by atoms with Crippen molar-refractivity contribution in [2.45, 2.75) is 13.2 Å². The SMILES string of the molecule is COc1cc(Cl)c(Cl)cc1OCCn1cc(COc2cccc3[nH]c4ccccc4c23)oc1=O. The number of benzene rings is 3. The molecule has 174 valence electrons. The number of hydrogen-bond acceptors (Lipinski definition) is 5. The Morgan fingerprint density at radius 3 is 2.53 bits per heavy atom. The fraction of sp³-hybridized carbons (Fsp3) is 0.160. The molecule has 0 spiro atoms. The number of aromatic nitrogens is 2. The minimum Gasteiger partial charge on any atom is -0.493 e. The number of rotatable bonds is 8. The molecular formula is C25H20Cl2N2O5. The molecule has 0 saturated heterocycles. The number of methoxy groups -OCH3 is 1. The van der Waals surface area contributed by atoms with Crippen molar-refractivity contribution in [3.63, 3.8) is 0 Å². The molecule has 0 aliphatic rings. The zero-order valence-electron chi connectivity index (χ0n) is 18.1. The van der Waals surface area contributed by atoms with Crippen molar-refractivity contribution in [2.24, 2.45) is 0 Å². The van der Waals surface area contributed by atoms with Gasteiger partial charge in [-0.15, -0.1) is 0 Å². The maximum absolute atomic E-state index is 12.3. The molecule has 1 N–H and O–H groups in total. The van der Waals surface area contributed by atoms with Gasteiger partial charge in [0.2, 0.25) is 0 Å². The number of hydrogen-bond donors (Lipinski definition) is 1. The maximum atomic E-state index is 12.3. The van der Waals surface area contributed by atoms with Crippen molar-refractivity contribution >= 4 is 45.0 Å². The van der Waals surface area contributed by atoms with Gasteiger partial charge in [-0.05, 0) is 18.2 Å². The summed E-state index contributed by atoms with van der Waals surface area (Å²) in [5.41, 5.74) is 2.01. The van der Waals surface area contributed by atoms with Crippen molar-refractivity contribution in [2.75, 3.05) is 13.7 Å². The van der Waals surface area contributed by atoms with E-state index in [4.69, 9.17) is 41.8 Å². The van der Waals surface area contributed by atoms with Crippen LogP contribution in [0.15, 0.2) is 70.0 Å². The molecule has 0 aliphatic heterocycles. The van der Waals surface area contributed by atoms with Gasteiger partial charge < -0.3 is 23.6 Å². The number of ether oxygens (including phenoxy) is 3. The van der Waals surface area contributed by atoms with Crippen molar-refractivity contribution in [3.05, 3.63) is 87.2 Å². The zero-order chi connectivity index (χ0) is 23.7. The lowest BCUT2D eigenvalue weighted by molar-refractivity contribution is 0.265. The number of halogens is 2. The van der Waals surface area contributed by atoms with Gasteiger partial charge >= 0.3 is 5.76 Å². The summed E-state index contributed by atoms with van der Waals surface area (Å²) in [6.45, 7) is 0.578. The molecule has 0 unspecified atom stereocenters. The highest BCUT2D eigenvalue weighted by atomic mass is 35.5. The van der Waals surface area contributed by atoms with Crippen LogP contribution < -0.4 is 20.0 Å². The Balaban J connectivity index is 1.27. The molecule has 0 fully saturated rings. The van der Waals surface area contributed by atoms with Crippen LogP contribution >= 0.6 is 23.2 Å². The Hall–Kier alpha value is -3.55. The van der Waals surface area contributed by atoms with Gasteiger partial charge in [-0.2, -0.15) is 0 Å². The van der Waals surface area contributed by atoms with Gasteiger partial charge in [-0.3, -0.25) is 4.57 Å². The van der Waals surface area contributed by atoms with Crippen molar-refractivity contribution in [3.8, 4) is 17.2 Å². The van der Waals surface area contributed by atoms with E-state index in [-0.39, 0.29) is 19.8 Å². The largest absolute Gasteiger partial charge is 0.493 e. The molecule has 2 heterocycles. The van der Waals surface area contributed by atoms with E-state index in [0.29, 0.717) is 33.1 Å². The molecule has 9 heteroatoms. The van der Waals surface area contributed by atoms with Crippen molar-refractivity contribution in [1.82, 2.24) is 9.55 Å². The van der Waals surface area contributed by atoms with E-state index in [1.807, 2.05) is 42.5 Å². The summed E-state index contributed by atoms with van der Waals surface area (Å²) < 4.78 is 23.8. The summed E-state index contributed by atoms with van der Waals surface area (Å²) in [7, 11) is 1.51. The lowest BCUT2D eigenvalue weighted by atomic mass is 10.1. The van der Waals surface area contributed by atoms with Crippen LogP contribution in [0.2, 0.25) is 10.0 Å². The molecule has 0 radical (unpaired) electrons. The van der Waals surface area contributed by atoms with Gasteiger partial charge in [0, 0.05) is 28.4 Å². The van der Waals surface area contributed by atoms with Crippen LogP contribution in [0.5, 0.6) is 17.2 Å². The Morgan fingerprint density at radius 1 is 0.941 bits per heavy atom. The average molecular weight is 499 g/mol. The standard InChI is InChI=1S/C25H20Cl2N2O5/c1-31-22-11-17(26)18(27)12-23(22)32-10-9-29-13-15(34-25(29)30)14-33-21-8-4-7-20-24(21)16-5-2-3-6-19(16)28-20/h2-8,11-13,28H,9-10,14H2,1H3. The molecule has 0 atom stereocenters. The fourth-order valence-electron chi connectivity index (χ4n) is 3.82. The molecule has 7 nitrogen and oxygen atoms in total. The minimum atomic E-state index is -0.492. The smallest absolute Gasteiger partial charge is 0.419 e. The predicted octanol–water partition coefficient (Wildman–Crippen LogP) is 6.05. The van der Waals surface area contributed by atoms with Crippen LogP contribution in [-0.2, 0) is 13.2 Å². The van der Waals surface area contributed by atoms with Crippen LogP contribution in [0.1, 0.15) is 5.76 Å². The summed E-state index contributed by atoms with van der Waals surface area (Å²) >= 11 is 12.1. The third kappa shape index (κ3) is 4.32. The second kappa shape index (κ2) is 9.37. The summed E-state index contributed by atoms with van der Waals surface area (Å²) in [6.07, 6.45) is 1.62. The third-order valence-corrected chi connectivity index (χ3v) is 6.13. The number of fused-ring (bicyclic) bond motifs is 3. The second-order valence-corrected chi connectivity index (χ2v) is 8.37. The number of para-hydroxylation sites is 1. The summed E-state index contributed by atoms with van der Waals surface area (Å²) in [5.74, 6) is 1.52. The molecule has 0 bridgehead atoms. The van der Waals surface area contributed by atoms with Gasteiger partial charge in [0.15, 0.2) is 17.3 Å². The van der Waals surface area contributed by atoms with Gasteiger partial charge in [-0.1, -0.05) is 47.5 Å². The van der Waals surface area contributed by atoms with Crippen LogP contribution in [0.3, 0.4) is 0 Å². The van der Waals surface area contributed by atoms with Gasteiger partial charge in [0.1, 0.15) is 19.0 Å². The third-order valence-electron chi connectivity index (χ3n) is 5.41. The number of nitrogens with one attached hydrogen (secondary N) is 1. The van der Waals surface area contributed by atoms with Crippen LogP contribution in [0, 0.1) is 0 Å². The summed E-state index contributed by atoms with van der Waals surface area (Å²) in [4.78, 5) is 15.7. The lowest BCUT2D eigenvalue weighted by Gasteiger charge is -2.11. The molecule has 0 amide bonds. The second-order valence-electron chi connectivity index (χ2n) is 7.56. The molecule has 34 heavy (non-hydrogen) atoms. The lowest BCUT2D eigenvalue weighted by Crippen LogP contribution is -2.17. The van der Waals surface area contributed by atoms with Crippen molar-refractivity contribution in [1.29, 1.82) is 0 Å². The Bertz CT molecular complexity index is 1540. The number of nitrogens with zero attached hydrogens (tertiary/aromatic N) is 1. The Labute approximate surface area is 204 Å². The molecule has 5 rings (SSSR count). The first-order valence-electron chi connectivity index (χ1n) is 10.5. The van der Waals surface area contributed by atoms with E-state index < -0.39 is 5.76 Å². The Morgan fingerprint density at radius 2 is 1.71 bits per heavy atom. The highest BCUT2D eigenvalue weighted by molar-refractivity contribution is 6.42. The minimum absolute atomic E-state index is 0.113. The van der Waals surface area contributed by atoms with E-state index in [1.165, 1.54) is 11.7 Å². The van der Waals surface area contributed by atoms with E-state index in [1.54, 1.807) is 18.3 Å². The first kappa shape index (κ1) is 22.3. The maximum Gasteiger partial charge on any atom is 0.419 e. The zero-order valence-corrected chi connectivity index (χ0v) is 19.7. The van der Waals surface area contributed by atoms with Gasteiger partial charge in [0.05, 0.1) is 35.4 Å². The fourth-order valence-corrected chi connectivity index (χ4v) is 4.13. The molecule has 3 aromatic carbocycles. The van der Waals surface area contributed by atoms with E-state index in [9.17, 15) is 4.79 Å². The van der Waals surface area contributed by atoms with Gasteiger partial charge in [0.25, 0.3) is 0 Å². The normalized spacial score (nSPS) is 11.3. The summed E-state index contributed by atoms with van der Waals surface area (Å²) in [6, 6.07) is 17.0. The first-order valence-corrected chi connectivity index (χ1v) is 11.3. The van der Waals surface area contributed by atoms with Gasteiger partial charge in [-0.25, -0.2) is 4.79 Å². The topological polar surface area (TPSA) is 78.6 Å². The number of H-pyrrole nitrogens is 1. The average Bonchev–Trinajstić information content (AvgIpc) is 3.40. The highest BCUT2D eigenvalue weighted by Crippen LogP contribution is 2.36. The number of oxazole rings is 1. The van der Waals surface area contributed by atoms with E-state index in [2.05, 4.69) is 4.98 Å². The monoisotopic (exact) mass is 498 g/mol. The molecule has 5 aromatic rings. The quantitative estimate of drug-likeness (QED) is 0.281. The molecule has 2 aromatic heterocycles. The first-order chi connectivity index (χ1) is 16.5. The van der Waals surface area contributed by atoms with Crippen LogP contribution in [-0.4, -0.2) is 23.3 Å². The molecular weight excluding hydrogens is 479 g/mol. The predicted molar refractivity (Wildman–Crippen MR) is 132 cm³/mol. The van der Waals surface area contributed by atoms with Crippen LogP contribution in [0.25, 0.3) is 21.8 Å².